The third-order valence-corrected chi connectivity index (χ3v) is 22.8. The van der Waals surface area contributed by atoms with Crippen molar-refractivity contribution in [3.63, 3.8) is 0 Å². The number of quaternary nitrogens is 1. The number of hydrogen-bond acceptors (Lipinski definition) is 30. The Morgan fingerprint density at radius 1 is 0.723 bits per heavy atom. The van der Waals surface area contributed by atoms with E-state index in [1.54, 1.807) is 66.2 Å². The molecule has 694 valence electrons. The summed E-state index contributed by atoms with van der Waals surface area (Å²) >= 11 is 20.4. The summed E-state index contributed by atoms with van der Waals surface area (Å²) in [5.74, 6) is -17.8. The SMILES string of the molecule is CNC(CC(C)C)C(=O)NC1C(=O)NC(CC(N)=O)C(=O)NC2C(=O)NC3C(=O)NC(C(=O)NC(C(=O)NOC(=O)C[N+](C)(C)C)c4cc(O)cc(O)c4-c4cc3ccc4O)C(O)c3ccc(c(Cl)c3)Oc3cc2cc(c3OC2OC(CO)C(O)C(O)C2OC2CC(C)(NCCn3ccc(NC(=O)C=Cc4ccc(Cl)cc4)nc3=O)C(O)C(C)O2)Oc2ccc(cc2Cl)C1O. The fraction of sp³-hybridized carbons (Fsp3) is 0.395. The van der Waals surface area contributed by atoms with Gasteiger partial charge in [0.2, 0.25) is 59.3 Å². The zero-order valence-electron chi connectivity index (χ0n) is 70.9. The van der Waals surface area contributed by atoms with E-state index in [9.17, 15) is 74.7 Å². The molecule has 7 aromatic rings. The van der Waals surface area contributed by atoms with Crippen molar-refractivity contribution in [1.82, 2.24) is 57.6 Å². The van der Waals surface area contributed by atoms with Crippen LogP contribution in [-0.2, 0) is 73.5 Å². The van der Waals surface area contributed by atoms with Gasteiger partial charge < -0.3 is 137 Å². The number of aromatic nitrogens is 2. The van der Waals surface area contributed by atoms with Gasteiger partial charge >= 0.3 is 11.7 Å². The lowest BCUT2D eigenvalue weighted by molar-refractivity contribution is -0.862. The number of hydroxylamine groups is 1. The summed E-state index contributed by atoms with van der Waals surface area (Å²) in [6.07, 6.45) is -15.6. The van der Waals surface area contributed by atoms with Crippen LogP contribution in [0.2, 0.25) is 15.1 Å². The molecule has 8 heterocycles. The number of likely N-dealkylation sites (N-methyl/N-ethyl adjacent to an activating group) is 2. The van der Waals surface area contributed by atoms with Crippen LogP contribution >= 0.6 is 34.8 Å². The summed E-state index contributed by atoms with van der Waals surface area (Å²) in [7, 11) is 6.33. The number of carbonyl (C=O) groups is 10. The van der Waals surface area contributed by atoms with Gasteiger partial charge in [0, 0.05) is 59.5 Å². The number of amides is 9. The minimum absolute atomic E-state index is 0.0104. The van der Waals surface area contributed by atoms with Crippen LogP contribution in [-0.4, -0.2) is 246 Å². The molecule has 14 rings (SSSR count). The van der Waals surface area contributed by atoms with Gasteiger partial charge in [0.15, 0.2) is 30.4 Å². The first kappa shape index (κ1) is 96.9. The molecule has 41 nitrogen and oxygen atoms in total. The van der Waals surface area contributed by atoms with Crippen LogP contribution < -0.4 is 79.0 Å². The van der Waals surface area contributed by atoms with Crippen molar-refractivity contribution >= 4 is 106 Å². The van der Waals surface area contributed by atoms with Gasteiger partial charge in [-0.1, -0.05) is 79.0 Å². The highest BCUT2D eigenvalue weighted by molar-refractivity contribution is 6.32. The van der Waals surface area contributed by atoms with E-state index in [1.165, 1.54) is 55.1 Å². The number of halogens is 3. The Labute approximate surface area is 756 Å². The fourth-order valence-electron chi connectivity index (χ4n) is 15.3. The van der Waals surface area contributed by atoms with Crippen molar-refractivity contribution in [3.8, 4) is 57.1 Å². The fourth-order valence-corrected chi connectivity index (χ4v) is 15.9. The predicted octanol–water partition coefficient (Wildman–Crippen LogP) is 1.50. The zero-order chi connectivity index (χ0) is 94.4. The number of aliphatic hydroxyl groups is 6. The number of nitrogens with one attached hydrogen (secondary N) is 10. The molecule has 18 atom stereocenters. The number of phenols is 3. The van der Waals surface area contributed by atoms with E-state index < -0.39 is 271 Å². The molecule has 7 aliphatic heterocycles. The molecule has 130 heavy (non-hydrogen) atoms. The quantitative estimate of drug-likeness (QED) is 0.0260. The molecule has 0 saturated carbocycles. The number of anilines is 1. The van der Waals surface area contributed by atoms with Crippen LogP contribution in [0.25, 0.3) is 17.2 Å². The van der Waals surface area contributed by atoms with E-state index in [0.29, 0.717) is 10.6 Å². The number of ether oxygens (including phenoxy) is 6. The predicted molar refractivity (Wildman–Crippen MR) is 460 cm³/mol. The molecule has 9 amide bonds. The third-order valence-electron chi connectivity index (χ3n) is 21.9. The summed E-state index contributed by atoms with van der Waals surface area (Å²) in [6.45, 7) is 5.22. The second kappa shape index (κ2) is 40.9. The number of rotatable bonds is 22. The van der Waals surface area contributed by atoms with Gasteiger partial charge in [-0.3, -0.25) is 47.7 Å². The summed E-state index contributed by atoms with van der Waals surface area (Å²) < 4.78 is 40.7. The average Bonchev–Trinajstić information content (AvgIpc) is 0.764. The van der Waals surface area contributed by atoms with Crippen LogP contribution in [0.15, 0.2) is 126 Å². The maximum atomic E-state index is 16.4. The van der Waals surface area contributed by atoms with E-state index >= 15 is 24.0 Å². The molecule has 21 N–H and O–H groups in total. The first-order valence-electron chi connectivity index (χ1n) is 40.8. The van der Waals surface area contributed by atoms with E-state index in [2.05, 4.69) is 52.8 Å². The van der Waals surface area contributed by atoms with Crippen LogP contribution in [0.1, 0.15) is 111 Å². The molecule has 7 aliphatic rings. The molecule has 0 radical (unpaired) electrons. The van der Waals surface area contributed by atoms with Crippen molar-refractivity contribution in [2.75, 3.05) is 53.2 Å². The summed E-state index contributed by atoms with van der Waals surface area (Å²) in [5, 5.41) is 130. The number of nitrogens with zero attached hydrogens (tertiary/aromatic N) is 3. The first-order chi connectivity index (χ1) is 61.5. The van der Waals surface area contributed by atoms with Crippen molar-refractivity contribution in [3.05, 3.63) is 180 Å². The highest BCUT2D eigenvalue weighted by atomic mass is 35.5. The maximum Gasteiger partial charge on any atom is 0.386 e. The van der Waals surface area contributed by atoms with Crippen molar-refractivity contribution < 1.29 is 132 Å². The Bertz CT molecular complexity index is 5590. The van der Waals surface area contributed by atoms with E-state index in [0.717, 1.165) is 66.7 Å². The van der Waals surface area contributed by atoms with Crippen LogP contribution in [0, 0.1) is 5.92 Å². The number of fused-ring (bicyclic) bond motifs is 15. The number of phenolic OH excluding ortho intramolecular Hbond substituents is 3. The van der Waals surface area contributed by atoms with Crippen LogP contribution in [0.4, 0.5) is 5.82 Å². The molecule has 18 unspecified atom stereocenters. The van der Waals surface area contributed by atoms with Crippen LogP contribution in [0.5, 0.6) is 46.0 Å². The molecule has 6 aromatic carbocycles. The Kier molecular flexibility index (Phi) is 30.5. The molecule has 2 saturated heterocycles. The maximum absolute atomic E-state index is 16.4. The van der Waals surface area contributed by atoms with Crippen LogP contribution in [0.3, 0.4) is 0 Å². The van der Waals surface area contributed by atoms with Crippen molar-refractivity contribution in [2.45, 2.75) is 163 Å². The van der Waals surface area contributed by atoms with E-state index in [1.807, 2.05) is 5.48 Å². The Morgan fingerprint density at radius 3 is 1.98 bits per heavy atom. The Morgan fingerprint density at radius 2 is 1.36 bits per heavy atom. The van der Waals surface area contributed by atoms with Crippen molar-refractivity contribution in [2.24, 2.45) is 11.7 Å². The molecule has 0 aliphatic carbocycles. The smallest absolute Gasteiger partial charge is 0.386 e. The number of primary amides is 1. The number of aliphatic hydroxyl groups excluding tert-OH is 6. The van der Waals surface area contributed by atoms with Gasteiger partial charge in [-0.25, -0.2) is 9.59 Å². The number of aromatic hydroxyl groups is 3. The largest absolute Gasteiger partial charge is 0.508 e. The van der Waals surface area contributed by atoms with Gasteiger partial charge in [-0.2, -0.15) is 10.5 Å². The van der Waals surface area contributed by atoms with Gasteiger partial charge in [-0.15, -0.1) is 0 Å². The number of nitrogens with two attached hydrogens (primary N) is 1. The Hall–Kier alpha value is -12.2. The number of hydrogen-bond donors (Lipinski definition) is 20. The van der Waals surface area contributed by atoms with E-state index in [4.69, 9.17) is 73.8 Å². The van der Waals surface area contributed by atoms with Gasteiger partial charge in [0.25, 0.3) is 5.91 Å². The summed E-state index contributed by atoms with van der Waals surface area (Å²) in [6, 6.07) is 6.95. The average molecular weight is 1870 g/mol. The molecule has 1 aromatic heterocycles. The minimum atomic E-state index is -2.42. The highest BCUT2D eigenvalue weighted by Crippen LogP contribution is 2.50. The highest BCUT2D eigenvalue weighted by Gasteiger charge is 2.52. The summed E-state index contributed by atoms with van der Waals surface area (Å²) in [4.78, 5) is 169. The normalized spacial score (nSPS) is 25.5. The molecular weight excluding hydrogens is 1770 g/mol. The lowest BCUT2D eigenvalue weighted by atomic mass is 9.85. The minimum Gasteiger partial charge on any atom is -0.508 e. The third kappa shape index (κ3) is 22.8. The van der Waals surface area contributed by atoms with Gasteiger partial charge in [0.1, 0.15) is 101 Å². The monoisotopic (exact) mass is 1860 g/mol. The Balaban J connectivity index is 0.998. The zero-order valence-corrected chi connectivity index (χ0v) is 73.2. The second-order valence-electron chi connectivity index (χ2n) is 33.3. The van der Waals surface area contributed by atoms with Gasteiger partial charge in [0.05, 0.1) is 62.5 Å². The summed E-state index contributed by atoms with van der Waals surface area (Å²) in [5.41, 5.74) is 3.23. The topological polar surface area (TPSA) is 599 Å². The van der Waals surface area contributed by atoms with Crippen molar-refractivity contribution in [1.29, 1.82) is 0 Å². The first-order valence-corrected chi connectivity index (χ1v) is 41.9. The molecule has 0 spiro atoms. The standard InChI is InChI=1S/C86H97Cl3N14O27/c1-37(2)25-50(91-5)77(116)99-68-70(111)41-13-18-54(48(88)27-41)125-56-29-43-30-57(74(56)129-84-75(73(114)72(113)58(36-104)127-84)128-63-34-86(4,76(115)38(3)124-63)92-22-24-102-23-21-60(95-85(102)123)94-61(109)20-11-39-9-15-44(87)16-10-39)126-55-19-14-42(28-49(55)89)71(112)69-82(121)98-67(83(122)101-130-62(110)35-103(6,7)8)47-31-45(105)32-53(107)64(47)46-26-40(12-17-52(46)106)65(79(118)100-69)97-80(119)66(43)96-78(117)51(33-59(90)108)93-81(68)120/h9-21,23,26-32,37-38,50-51,58,63,65-73,75-76,84,91-92,104,111-115H,22,24-25,33-36H2,1-8H3,(H12-,90,93,94,95,96,97,98,99,100,101,105,106,107,108,109,116,117,118,119,120,121,122,123)/p+1. The number of carbonyl (C=O) groups excluding carboxylic acids is 10. The molecule has 44 heteroatoms. The lowest BCUT2D eigenvalue weighted by Gasteiger charge is -2.48. The lowest BCUT2D eigenvalue weighted by Crippen LogP contribution is -2.65. The van der Waals surface area contributed by atoms with E-state index in [-0.39, 0.29) is 59.8 Å². The number of benzene rings is 6. The molecule has 2 fully saturated rings. The molecule has 11 bridgehead atoms. The second-order valence-corrected chi connectivity index (χ2v) is 34.5. The molecular formula is C86H98Cl3N14O27+. The van der Waals surface area contributed by atoms with Gasteiger partial charge in [-0.05, 0) is 145 Å².